The Hall–Kier alpha value is -1.98. The average molecular weight is 324 g/mol. The van der Waals surface area contributed by atoms with E-state index < -0.39 is 12.3 Å². The van der Waals surface area contributed by atoms with Gasteiger partial charge in [0, 0.05) is 37.9 Å². The van der Waals surface area contributed by atoms with Crippen LogP contribution in [0.5, 0.6) is 5.75 Å². The van der Waals surface area contributed by atoms with Gasteiger partial charge < -0.3 is 19.3 Å². The summed E-state index contributed by atoms with van der Waals surface area (Å²) in [6, 6.07) is 7.60. The lowest BCUT2D eigenvalue weighted by atomic mass is 10.2. The van der Waals surface area contributed by atoms with Crippen molar-refractivity contribution in [1.82, 2.24) is 4.90 Å². The second kappa shape index (κ2) is 7.53. The van der Waals surface area contributed by atoms with Crippen molar-refractivity contribution in [2.45, 2.75) is 26.4 Å². The molecule has 0 aliphatic carbocycles. The Balaban J connectivity index is 1.90. The van der Waals surface area contributed by atoms with E-state index in [2.05, 4.69) is 4.90 Å². The van der Waals surface area contributed by atoms with Crippen LogP contribution in [0, 0.1) is 0 Å². The molecule has 0 unspecified atom stereocenters. The fourth-order valence-corrected chi connectivity index (χ4v) is 2.40. The summed E-state index contributed by atoms with van der Waals surface area (Å²) in [5.74, 6) is 0.662. The van der Waals surface area contributed by atoms with E-state index in [0.717, 1.165) is 18.8 Å². The van der Waals surface area contributed by atoms with Crippen LogP contribution in [0.15, 0.2) is 24.3 Å². The van der Waals surface area contributed by atoms with E-state index in [1.54, 1.807) is 4.90 Å². The number of piperazine rings is 1. The molecule has 1 amide bonds. The van der Waals surface area contributed by atoms with Gasteiger partial charge in [0.2, 0.25) is 0 Å². The van der Waals surface area contributed by atoms with Crippen LogP contribution in [0.3, 0.4) is 0 Å². The third-order valence-corrected chi connectivity index (χ3v) is 3.46. The van der Waals surface area contributed by atoms with Gasteiger partial charge in [0.05, 0.1) is 0 Å². The number of hydrogen-bond donors (Lipinski definition) is 0. The number of amides is 1. The lowest BCUT2D eigenvalue weighted by Crippen LogP contribution is -2.50. The minimum Gasteiger partial charge on any atom is -0.491 e. The van der Waals surface area contributed by atoms with Crippen molar-refractivity contribution in [3.63, 3.8) is 0 Å². The third kappa shape index (κ3) is 5.30. The number of alkyl halides is 1. The summed E-state index contributed by atoms with van der Waals surface area (Å²) < 4.78 is 22.9. The van der Waals surface area contributed by atoms with Crippen molar-refractivity contribution in [2.75, 3.05) is 44.4 Å². The molecule has 1 heterocycles. The lowest BCUT2D eigenvalue weighted by Gasteiger charge is -2.36. The van der Waals surface area contributed by atoms with Crippen molar-refractivity contribution in [1.29, 1.82) is 0 Å². The molecule has 1 aliphatic rings. The van der Waals surface area contributed by atoms with Crippen LogP contribution in [0.2, 0.25) is 0 Å². The third-order valence-electron chi connectivity index (χ3n) is 3.46. The molecule has 5 nitrogen and oxygen atoms in total. The van der Waals surface area contributed by atoms with Gasteiger partial charge in [0.25, 0.3) is 0 Å². The van der Waals surface area contributed by atoms with Crippen LogP contribution in [0.25, 0.3) is 0 Å². The number of halogens is 1. The predicted molar refractivity (Wildman–Crippen MR) is 87.9 cm³/mol. The van der Waals surface area contributed by atoms with E-state index in [9.17, 15) is 9.18 Å². The first kappa shape index (κ1) is 17.4. The van der Waals surface area contributed by atoms with Gasteiger partial charge in [-0.1, -0.05) is 6.07 Å². The molecule has 0 atom stereocenters. The quantitative estimate of drug-likeness (QED) is 0.853. The van der Waals surface area contributed by atoms with Crippen molar-refractivity contribution in [3.8, 4) is 5.75 Å². The molecular weight excluding hydrogens is 299 g/mol. The highest BCUT2D eigenvalue weighted by Crippen LogP contribution is 2.23. The Morgan fingerprint density at radius 3 is 2.52 bits per heavy atom. The molecule has 128 valence electrons. The Morgan fingerprint density at radius 1 is 1.22 bits per heavy atom. The summed E-state index contributed by atoms with van der Waals surface area (Å²) in [5.41, 5.74) is 0.543. The van der Waals surface area contributed by atoms with Crippen molar-refractivity contribution >= 4 is 11.8 Å². The first-order valence-electron chi connectivity index (χ1n) is 7.91. The van der Waals surface area contributed by atoms with Crippen LogP contribution in [0.4, 0.5) is 14.9 Å². The number of benzene rings is 1. The van der Waals surface area contributed by atoms with Crippen LogP contribution in [-0.2, 0) is 4.74 Å². The summed E-state index contributed by atoms with van der Waals surface area (Å²) in [6.07, 6.45) is -0.267. The summed E-state index contributed by atoms with van der Waals surface area (Å²) in [5, 5.41) is 0. The molecule has 1 aliphatic heterocycles. The molecule has 0 spiro atoms. The highest BCUT2D eigenvalue weighted by molar-refractivity contribution is 5.68. The van der Waals surface area contributed by atoms with E-state index in [0.29, 0.717) is 18.8 Å². The molecular formula is C17H25FN2O3. The van der Waals surface area contributed by atoms with Crippen molar-refractivity contribution in [2.24, 2.45) is 0 Å². The van der Waals surface area contributed by atoms with E-state index in [1.807, 2.05) is 45.0 Å². The molecule has 0 saturated carbocycles. The van der Waals surface area contributed by atoms with Gasteiger partial charge in [0.15, 0.2) is 0 Å². The van der Waals surface area contributed by atoms with E-state index in [1.165, 1.54) is 0 Å². The zero-order valence-electron chi connectivity index (χ0n) is 14.0. The summed E-state index contributed by atoms with van der Waals surface area (Å²) in [6.45, 7) is 7.85. The van der Waals surface area contributed by atoms with E-state index >= 15 is 0 Å². The first-order chi connectivity index (χ1) is 10.9. The van der Waals surface area contributed by atoms with E-state index in [-0.39, 0.29) is 12.7 Å². The smallest absolute Gasteiger partial charge is 0.410 e. The van der Waals surface area contributed by atoms with Gasteiger partial charge in [0.1, 0.15) is 24.6 Å². The van der Waals surface area contributed by atoms with Crippen LogP contribution < -0.4 is 9.64 Å². The zero-order chi connectivity index (χ0) is 16.9. The lowest BCUT2D eigenvalue weighted by molar-refractivity contribution is 0.0240. The Labute approximate surface area is 137 Å². The van der Waals surface area contributed by atoms with Crippen LogP contribution in [-0.4, -0.2) is 56.1 Å². The Morgan fingerprint density at radius 2 is 1.91 bits per heavy atom. The minimum absolute atomic E-state index is 0.0654. The highest BCUT2D eigenvalue weighted by atomic mass is 19.1. The maximum Gasteiger partial charge on any atom is 0.410 e. The Bertz CT molecular complexity index is 523. The SMILES string of the molecule is CC(C)(C)OC(=O)N1CCN(c2cccc(OCCF)c2)CC1. The van der Waals surface area contributed by atoms with Gasteiger partial charge in [-0.2, -0.15) is 0 Å². The van der Waals surface area contributed by atoms with Gasteiger partial charge in [-0.15, -0.1) is 0 Å². The maximum absolute atomic E-state index is 12.2. The number of carbonyl (C=O) groups is 1. The van der Waals surface area contributed by atoms with Crippen LogP contribution in [0.1, 0.15) is 20.8 Å². The van der Waals surface area contributed by atoms with Gasteiger partial charge in [-0.05, 0) is 32.9 Å². The van der Waals surface area contributed by atoms with Crippen LogP contribution >= 0.6 is 0 Å². The molecule has 0 radical (unpaired) electrons. The minimum atomic E-state index is -0.501. The Kier molecular flexibility index (Phi) is 5.69. The molecule has 0 aromatic heterocycles. The molecule has 1 fully saturated rings. The van der Waals surface area contributed by atoms with E-state index in [4.69, 9.17) is 9.47 Å². The fraction of sp³-hybridized carbons (Fsp3) is 0.588. The van der Waals surface area contributed by atoms with Gasteiger partial charge in [-0.25, -0.2) is 9.18 Å². The standard InChI is InChI=1S/C17H25FN2O3/c1-17(2,3)23-16(21)20-10-8-19(9-11-20)14-5-4-6-15(13-14)22-12-7-18/h4-6,13H,7-12H2,1-3H3. The average Bonchev–Trinajstić information content (AvgIpc) is 2.52. The van der Waals surface area contributed by atoms with Crippen molar-refractivity contribution < 1.29 is 18.7 Å². The molecule has 1 saturated heterocycles. The number of anilines is 1. The maximum atomic E-state index is 12.2. The summed E-state index contributed by atoms with van der Waals surface area (Å²) in [7, 11) is 0. The number of rotatable bonds is 4. The molecule has 0 bridgehead atoms. The molecule has 6 heteroatoms. The monoisotopic (exact) mass is 324 g/mol. The number of hydrogen-bond acceptors (Lipinski definition) is 4. The molecule has 0 N–H and O–H groups in total. The number of nitrogens with zero attached hydrogens (tertiary/aromatic N) is 2. The predicted octanol–water partition coefficient (Wildman–Crippen LogP) is 3.09. The van der Waals surface area contributed by atoms with Crippen molar-refractivity contribution in [3.05, 3.63) is 24.3 Å². The normalized spacial score (nSPS) is 15.5. The molecule has 1 aromatic carbocycles. The highest BCUT2D eigenvalue weighted by Gasteiger charge is 2.25. The van der Waals surface area contributed by atoms with Gasteiger partial charge in [-0.3, -0.25) is 0 Å². The second-order valence-electron chi connectivity index (χ2n) is 6.49. The number of carbonyl (C=O) groups excluding carboxylic acids is 1. The second-order valence-corrected chi connectivity index (χ2v) is 6.49. The molecule has 2 rings (SSSR count). The summed E-state index contributed by atoms with van der Waals surface area (Å²) in [4.78, 5) is 16.0. The molecule has 1 aromatic rings. The zero-order valence-corrected chi connectivity index (χ0v) is 14.0. The molecule has 23 heavy (non-hydrogen) atoms. The first-order valence-corrected chi connectivity index (χ1v) is 7.91. The van der Waals surface area contributed by atoms with Gasteiger partial charge >= 0.3 is 6.09 Å². The largest absolute Gasteiger partial charge is 0.491 e. The summed E-state index contributed by atoms with van der Waals surface area (Å²) >= 11 is 0. The number of ether oxygens (including phenoxy) is 2. The topological polar surface area (TPSA) is 42.0 Å². The fourth-order valence-electron chi connectivity index (χ4n) is 2.40.